The molecule has 0 heterocycles. The fourth-order valence-electron chi connectivity index (χ4n) is 1.32. The summed E-state index contributed by atoms with van der Waals surface area (Å²) < 4.78 is 0. The Kier molecular flexibility index (Phi) is 4.85. The first-order chi connectivity index (χ1) is 7.17. The molecule has 82 valence electrons. The van der Waals surface area contributed by atoms with Crippen molar-refractivity contribution in [2.75, 3.05) is 6.61 Å². The zero-order valence-corrected chi connectivity index (χ0v) is 9.88. The predicted octanol–water partition coefficient (Wildman–Crippen LogP) is 2.67. The standard InChI is InChI=1S/C12H16O2S/c1-9-3-4-12(11(7-9)8-14)15-10(2)5-6-13/h3-4,7-8,10,13H,5-6H2,1-2H3. The van der Waals surface area contributed by atoms with Crippen LogP contribution in [0.2, 0.25) is 0 Å². The summed E-state index contributed by atoms with van der Waals surface area (Å²) in [6.07, 6.45) is 1.64. The summed E-state index contributed by atoms with van der Waals surface area (Å²) in [4.78, 5) is 11.9. The van der Waals surface area contributed by atoms with Crippen LogP contribution in [0.1, 0.15) is 29.3 Å². The number of aldehydes is 1. The molecule has 1 atom stereocenters. The molecule has 0 radical (unpaired) electrons. The topological polar surface area (TPSA) is 37.3 Å². The van der Waals surface area contributed by atoms with Crippen LogP contribution in [0.25, 0.3) is 0 Å². The minimum absolute atomic E-state index is 0.191. The summed E-state index contributed by atoms with van der Waals surface area (Å²) in [7, 11) is 0. The molecule has 0 bridgehead atoms. The summed E-state index contributed by atoms with van der Waals surface area (Å²) in [5.41, 5.74) is 1.83. The Bertz CT molecular complexity index is 336. The van der Waals surface area contributed by atoms with Crippen molar-refractivity contribution in [3.63, 3.8) is 0 Å². The van der Waals surface area contributed by atoms with Crippen LogP contribution in [-0.4, -0.2) is 23.2 Å². The van der Waals surface area contributed by atoms with Gasteiger partial charge in [-0.3, -0.25) is 4.79 Å². The fourth-order valence-corrected chi connectivity index (χ4v) is 2.37. The van der Waals surface area contributed by atoms with Gasteiger partial charge in [0.2, 0.25) is 0 Å². The van der Waals surface area contributed by atoms with Crippen LogP contribution in [0, 0.1) is 6.92 Å². The minimum atomic E-state index is 0.191. The Morgan fingerprint density at radius 3 is 2.87 bits per heavy atom. The number of aliphatic hydroxyl groups is 1. The zero-order valence-electron chi connectivity index (χ0n) is 9.06. The van der Waals surface area contributed by atoms with Gasteiger partial charge in [0.15, 0.2) is 6.29 Å². The molecule has 0 saturated heterocycles. The molecule has 0 spiro atoms. The molecule has 1 rings (SSSR count). The first-order valence-electron chi connectivity index (χ1n) is 5.00. The van der Waals surface area contributed by atoms with Crippen LogP contribution in [-0.2, 0) is 0 Å². The lowest BCUT2D eigenvalue weighted by molar-refractivity contribution is 0.112. The molecule has 0 fully saturated rings. The summed E-state index contributed by atoms with van der Waals surface area (Å²) >= 11 is 1.64. The molecule has 0 aliphatic carbocycles. The maximum Gasteiger partial charge on any atom is 0.151 e. The van der Waals surface area contributed by atoms with E-state index < -0.39 is 0 Å². The Morgan fingerprint density at radius 2 is 2.27 bits per heavy atom. The Balaban J connectivity index is 2.80. The van der Waals surface area contributed by atoms with E-state index in [4.69, 9.17) is 5.11 Å². The monoisotopic (exact) mass is 224 g/mol. The molecule has 1 aromatic carbocycles. The molecule has 0 saturated carbocycles. The lowest BCUT2D eigenvalue weighted by Gasteiger charge is -2.11. The Morgan fingerprint density at radius 1 is 1.53 bits per heavy atom. The van der Waals surface area contributed by atoms with Crippen molar-refractivity contribution in [1.29, 1.82) is 0 Å². The van der Waals surface area contributed by atoms with Gasteiger partial charge in [-0.15, -0.1) is 11.8 Å². The average molecular weight is 224 g/mol. The van der Waals surface area contributed by atoms with Gasteiger partial charge in [0.1, 0.15) is 0 Å². The molecule has 0 aliphatic rings. The quantitative estimate of drug-likeness (QED) is 0.617. The highest BCUT2D eigenvalue weighted by atomic mass is 32.2. The highest BCUT2D eigenvalue weighted by Crippen LogP contribution is 2.28. The van der Waals surface area contributed by atoms with Gasteiger partial charge >= 0.3 is 0 Å². The van der Waals surface area contributed by atoms with E-state index in [-0.39, 0.29) is 6.61 Å². The Hall–Kier alpha value is -0.800. The van der Waals surface area contributed by atoms with Crippen LogP contribution in [0.15, 0.2) is 23.1 Å². The van der Waals surface area contributed by atoms with E-state index in [9.17, 15) is 4.79 Å². The smallest absolute Gasteiger partial charge is 0.151 e. The lowest BCUT2D eigenvalue weighted by Crippen LogP contribution is -2.00. The number of hydrogen-bond donors (Lipinski definition) is 1. The van der Waals surface area contributed by atoms with Crippen molar-refractivity contribution in [3.8, 4) is 0 Å². The number of benzene rings is 1. The van der Waals surface area contributed by atoms with Crippen molar-refractivity contribution in [2.45, 2.75) is 30.4 Å². The molecule has 1 unspecified atom stereocenters. The average Bonchev–Trinajstić information content (AvgIpc) is 2.21. The molecule has 0 amide bonds. The normalized spacial score (nSPS) is 12.5. The summed E-state index contributed by atoms with van der Waals surface area (Å²) in [5.74, 6) is 0. The minimum Gasteiger partial charge on any atom is -0.396 e. The number of rotatable bonds is 5. The number of carbonyl (C=O) groups is 1. The van der Waals surface area contributed by atoms with E-state index >= 15 is 0 Å². The third-order valence-electron chi connectivity index (χ3n) is 2.16. The van der Waals surface area contributed by atoms with E-state index in [0.29, 0.717) is 5.25 Å². The molecule has 2 nitrogen and oxygen atoms in total. The maximum absolute atomic E-state index is 10.9. The SMILES string of the molecule is Cc1ccc(SC(C)CCO)c(C=O)c1. The second-order valence-electron chi connectivity index (χ2n) is 3.60. The Labute approximate surface area is 94.7 Å². The van der Waals surface area contributed by atoms with Crippen molar-refractivity contribution in [3.05, 3.63) is 29.3 Å². The lowest BCUT2D eigenvalue weighted by atomic mass is 10.2. The predicted molar refractivity (Wildman–Crippen MR) is 63.6 cm³/mol. The largest absolute Gasteiger partial charge is 0.396 e. The second-order valence-corrected chi connectivity index (χ2v) is 5.08. The number of aliphatic hydroxyl groups excluding tert-OH is 1. The van der Waals surface area contributed by atoms with Gasteiger partial charge in [-0.25, -0.2) is 0 Å². The molecule has 0 aromatic heterocycles. The fraction of sp³-hybridized carbons (Fsp3) is 0.417. The van der Waals surface area contributed by atoms with Crippen LogP contribution in [0.5, 0.6) is 0 Å². The van der Waals surface area contributed by atoms with Gasteiger partial charge in [0.05, 0.1) is 0 Å². The number of aryl methyl sites for hydroxylation is 1. The molecule has 15 heavy (non-hydrogen) atoms. The van der Waals surface area contributed by atoms with E-state index in [2.05, 4.69) is 6.92 Å². The van der Waals surface area contributed by atoms with Gasteiger partial charge in [-0.1, -0.05) is 18.6 Å². The highest BCUT2D eigenvalue weighted by Gasteiger charge is 2.07. The number of thioether (sulfide) groups is 1. The van der Waals surface area contributed by atoms with Crippen molar-refractivity contribution in [2.24, 2.45) is 0 Å². The number of hydrogen-bond acceptors (Lipinski definition) is 3. The summed E-state index contributed by atoms with van der Waals surface area (Å²) in [6.45, 7) is 4.21. The second kappa shape index (κ2) is 5.93. The van der Waals surface area contributed by atoms with Gasteiger partial charge < -0.3 is 5.11 Å². The third-order valence-corrected chi connectivity index (χ3v) is 3.42. The third kappa shape index (κ3) is 3.68. The summed E-state index contributed by atoms with van der Waals surface area (Å²) in [6, 6.07) is 5.86. The van der Waals surface area contributed by atoms with E-state index in [1.165, 1.54) is 0 Å². The van der Waals surface area contributed by atoms with Crippen LogP contribution < -0.4 is 0 Å². The molecular weight excluding hydrogens is 208 g/mol. The zero-order chi connectivity index (χ0) is 11.3. The molecule has 1 N–H and O–H groups in total. The number of carbonyl (C=O) groups excluding carboxylic acids is 1. The van der Waals surface area contributed by atoms with Crippen LogP contribution in [0.4, 0.5) is 0 Å². The van der Waals surface area contributed by atoms with Gasteiger partial charge in [-0.05, 0) is 25.5 Å². The first-order valence-corrected chi connectivity index (χ1v) is 5.88. The van der Waals surface area contributed by atoms with Crippen molar-refractivity contribution in [1.82, 2.24) is 0 Å². The van der Waals surface area contributed by atoms with Gasteiger partial charge in [-0.2, -0.15) is 0 Å². The molecular formula is C12H16O2S. The maximum atomic E-state index is 10.9. The van der Waals surface area contributed by atoms with Gasteiger partial charge in [0.25, 0.3) is 0 Å². The first kappa shape index (κ1) is 12.3. The molecule has 0 aliphatic heterocycles. The van der Waals surface area contributed by atoms with Crippen molar-refractivity contribution < 1.29 is 9.90 Å². The van der Waals surface area contributed by atoms with E-state index in [1.54, 1.807) is 11.8 Å². The van der Waals surface area contributed by atoms with Crippen molar-refractivity contribution >= 4 is 18.0 Å². The summed E-state index contributed by atoms with van der Waals surface area (Å²) in [5, 5.41) is 9.13. The molecule has 3 heteroatoms. The van der Waals surface area contributed by atoms with Gasteiger partial charge in [0, 0.05) is 22.3 Å². The van der Waals surface area contributed by atoms with Crippen LogP contribution in [0.3, 0.4) is 0 Å². The highest BCUT2D eigenvalue weighted by molar-refractivity contribution is 8.00. The van der Waals surface area contributed by atoms with Crippen LogP contribution >= 0.6 is 11.8 Å². The molecule has 1 aromatic rings. The van der Waals surface area contributed by atoms with E-state index in [0.717, 1.165) is 28.7 Å². The van der Waals surface area contributed by atoms with E-state index in [1.807, 2.05) is 25.1 Å².